The van der Waals surface area contributed by atoms with Crippen molar-refractivity contribution in [3.8, 4) is 5.75 Å². The van der Waals surface area contributed by atoms with E-state index in [4.69, 9.17) is 9.66 Å². The van der Waals surface area contributed by atoms with E-state index in [1.165, 1.54) is 24.3 Å². The lowest BCUT2D eigenvalue weighted by molar-refractivity contribution is 0.265. The van der Waals surface area contributed by atoms with Gasteiger partial charge in [-0.2, -0.15) is 8.42 Å². The molecule has 0 aliphatic heterocycles. The number of carbonyl (C=O) groups excluding carboxylic acids is 1. The predicted molar refractivity (Wildman–Crippen MR) is 48.7 cm³/mol. The largest absolute Gasteiger partial charge is 0.506 e. The van der Waals surface area contributed by atoms with Crippen LogP contribution >= 0.6 is 0 Å². The molecule has 3 N–H and O–H groups in total. The lowest BCUT2D eigenvalue weighted by Crippen LogP contribution is -2.20. The van der Waals surface area contributed by atoms with Crippen LogP contribution in [0.4, 0.5) is 10.5 Å². The molecule has 0 fully saturated rings. The first-order valence-corrected chi connectivity index (χ1v) is 4.92. The molecule has 76 valence electrons. The molecule has 0 heterocycles. The number of amides is 1. The van der Waals surface area contributed by atoms with E-state index >= 15 is 0 Å². The zero-order valence-corrected chi connectivity index (χ0v) is 7.65. The number of para-hydroxylation sites is 2. The SMILES string of the molecule is O=C(Nc1ccccc1O)S(=O)(=O)O. The van der Waals surface area contributed by atoms with Crippen LogP contribution in [0.2, 0.25) is 0 Å². The molecule has 6 nitrogen and oxygen atoms in total. The average Bonchev–Trinajstić information content (AvgIpc) is 2.07. The Morgan fingerprint density at radius 1 is 1.29 bits per heavy atom. The summed E-state index contributed by atoms with van der Waals surface area (Å²) in [6.07, 6.45) is 0. The molecule has 1 aromatic rings. The Morgan fingerprint density at radius 2 is 1.86 bits per heavy atom. The normalized spacial score (nSPS) is 10.9. The molecule has 0 radical (unpaired) electrons. The van der Waals surface area contributed by atoms with Crippen LogP contribution in [-0.4, -0.2) is 23.3 Å². The molecule has 14 heavy (non-hydrogen) atoms. The van der Waals surface area contributed by atoms with Crippen molar-refractivity contribution in [1.29, 1.82) is 0 Å². The van der Waals surface area contributed by atoms with Crippen molar-refractivity contribution in [3.05, 3.63) is 24.3 Å². The highest BCUT2D eigenvalue weighted by molar-refractivity contribution is 8.01. The summed E-state index contributed by atoms with van der Waals surface area (Å²) in [5.41, 5.74) is -0.0878. The van der Waals surface area contributed by atoms with Crippen molar-refractivity contribution in [2.75, 3.05) is 5.32 Å². The Balaban J connectivity index is 2.91. The van der Waals surface area contributed by atoms with E-state index in [0.717, 1.165) is 0 Å². The lowest BCUT2D eigenvalue weighted by atomic mass is 10.3. The zero-order chi connectivity index (χ0) is 10.8. The van der Waals surface area contributed by atoms with Crippen LogP contribution in [0.3, 0.4) is 0 Å². The molecule has 0 spiro atoms. The first-order valence-electron chi connectivity index (χ1n) is 3.48. The summed E-state index contributed by atoms with van der Waals surface area (Å²) in [6, 6.07) is 5.54. The molecule has 0 aromatic heterocycles. The molecule has 1 amide bonds. The number of hydrogen-bond donors (Lipinski definition) is 3. The van der Waals surface area contributed by atoms with Crippen molar-refractivity contribution in [2.45, 2.75) is 0 Å². The van der Waals surface area contributed by atoms with E-state index < -0.39 is 15.4 Å². The number of nitrogens with one attached hydrogen (secondary N) is 1. The molecule has 1 rings (SSSR count). The average molecular weight is 217 g/mol. The third-order valence-corrected chi connectivity index (χ3v) is 1.95. The van der Waals surface area contributed by atoms with Gasteiger partial charge in [0.25, 0.3) is 0 Å². The minimum atomic E-state index is -4.78. The van der Waals surface area contributed by atoms with Crippen LogP contribution in [0.5, 0.6) is 5.75 Å². The van der Waals surface area contributed by atoms with E-state index in [-0.39, 0.29) is 11.4 Å². The molecule has 0 saturated heterocycles. The summed E-state index contributed by atoms with van der Waals surface area (Å²) in [7, 11) is -4.78. The van der Waals surface area contributed by atoms with Gasteiger partial charge in [0.2, 0.25) is 0 Å². The maximum absolute atomic E-state index is 10.7. The van der Waals surface area contributed by atoms with Crippen LogP contribution in [0.25, 0.3) is 0 Å². The van der Waals surface area contributed by atoms with Gasteiger partial charge >= 0.3 is 15.4 Å². The van der Waals surface area contributed by atoms with Gasteiger partial charge in [-0.1, -0.05) is 12.1 Å². The second-order valence-electron chi connectivity index (χ2n) is 2.40. The molecule has 0 atom stereocenters. The van der Waals surface area contributed by atoms with E-state index in [2.05, 4.69) is 0 Å². The number of carbonyl (C=O) groups is 1. The first-order chi connectivity index (χ1) is 6.41. The molecule has 7 heteroatoms. The minimum Gasteiger partial charge on any atom is -0.506 e. The molecular formula is C7H7NO5S. The highest BCUT2D eigenvalue weighted by atomic mass is 32.2. The fourth-order valence-corrected chi connectivity index (χ4v) is 0.993. The van der Waals surface area contributed by atoms with E-state index in [1.54, 1.807) is 0 Å². The Hall–Kier alpha value is -1.60. The van der Waals surface area contributed by atoms with Crippen molar-refractivity contribution in [1.82, 2.24) is 0 Å². The topological polar surface area (TPSA) is 104 Å². The molecule has 0 unspecified atom stereocenters. The van der Waals surface area contributed by atoms with E-state index in [0.29, 0.717) is 0 Å². The number of rotatable bonds is 1. The number of phenols is 1. The quantitative estimate of drug-likeness (QED) is 0.477. The summed E-state index contributed by atoms with van der Waals surface area (Å²) in [5, 5.41) is 9.37. The summed E-state index contributed by atoms with van der Waals surface area (Å²) in [6.45, 7) is 0. The summed E-state index contributed by atoms with van der Waals surface area (Å²) >= 11 is 0. The van der Waals surface area contributed by atoms with Gasteiger partial charge in [-0.25, -0.2) is 0 Å². The molecule has 1 aromatic carbocycles. The second kappa shape index (κ2) is 3.64. The van der Waals surface area contributed by atoms with Gasteiger partial charge in [0.1, 0.15) is 5.75 Å². The van der Waals surface area contributed by atoms with Crippen molar-refractivity contribution >= 4 is 21.0 Å². The lowest BCUT2D eigenvalue weighted by Gasteiger charge is -2.03. The van der Waals surface area contributed by atoms with Gasteiger partial charge in [0.15, 0.2) is 0 Å². The Kier molecular flexibility index (Phi) is 2.73. The van der Waals surface area contributed by atoms with E-state index in [9.17, 15) is 13.2 Å². The monoisotopic (exact) mass is 217 g/mol. The molecule has 0 saturated carbocycles. The summed E-state index contributed by atoms with van der Waals surface area (Å²) in [5.74, 6) is -0.287. The van der Waals surface area contributed by atoms with Crippen LogP contribution < -0.4 is 5.32 Å². The molecule has 0 bridgehead atoms. The van der Waals surface area contributed by atoms with Crippen molar-refractivity contribution < 1.29 is 22.9 Å². The number of aromatic hydroxyl groups is 1. The van der Waals surface area contributed by atoms with Gasteiger partial charge in [-0.05, 0) is 12.1 Å². The number of anilines is 1. The van der Waals surface area contributed by atoms with Crippen LogP contribution in [0.1, 0.15) is 0 Å². The van der Waals surface area contributed by atoms with Gasteiger partial charge < -0.3 is 10.4 Å². The second-order valence-corrected chi connectivity index (χ2v) is 3.73. The smallest absolute Gasteiger partial charge is 0.368 e. The third kappa shape index (κ3) is 2.44. The number of hydrogen-bond acceptors (Lipinski definition) is 4. The molecular weight excluding hydrogens is 210 g/mol. The summed E-state index contributed by atoms with van der Waals surface area (Å²) < 4.78 is 28.9. The van der Waals surface area contributed by atoms with Crippen molar-refractivity contribution in [3.63, 3.8) is 0 Å². The van der Waals surface area contributed by atoms with Crippen molar-refractivity contribution in [2.24, 2.45) is 0 Å². The van der Waals surface area contributed by atoms with Gasteiger partial charge in [-0.15, -0.1) is 0 Å². The maximum Gasteiger partial charge on any atom is 0.368 e. The molecule has 0 aliphatic carbocycles. The minimum absolute atomic E-state index is 0.0878. The number of benzene rings is 1. The Morgan fingerprint density at radius 3 is 2.36 bits per heavy atom. The van der Waals surface area contributed by atoms with Gasteiger partial charge in [0, 0.05) is 0 Å². The predicted octanol–water partition coefficient (Wildman–Crippen LogP) is 0.812. The fourth-order valence-electron chi connectivity index (χ4n) is 0.754. The van der Waals surface area contributed by atoms with Crippen LogP contribution in [0, 0.1) is 0 Å². The molecule has 0 aliphatic rings. The Labute approximate surface area is 79.9 Å². The standard InChI is InChI=1S/C7H7NO5S/c9-6-4-2-1-3-5(6)8-7(10)14(11,12)13/h1-4,9H,(H,8,10)(H,11,12,13). The Bertz CT molecular complexity index is 453. The third-order valence-electron chi connectivity index (χ3n) is 1.38. The zero-order valence-electron chi connectivity index (χ0n) is 6.84. The number of phenolic OH excluding ortho intramolecular Hbond substituents is 1. The maximum atomic E-state index is 10.7. The van der Waals surface area contributed by atoms with Gasteiger partial charge in [0.05, 0.1) is 5.69 Å². The van der Waals surface area contributed by atoms with Gasteiger partial charge in [-0.3, -0.25) is 9.35 Å². The highest BCUT2D eigenvalue weighted by Crippen LogP contribution is 2.21. The fraction of sp³-hybridized carbons (Fsp3) is 0. The van der Waals surface area contributed by atoms with E-state index in [1.807, 2.05) is 5.32 Å². The highest BCUT2D eigenvalue weighted by Gasteiger charge is 2.18. The summed E-state index contributed by atoms with van der Waals surface area (Å²) in [4.78, 5) is 10.7. The van der Waals surface area contributed by atoms with Crippen LogP contribution in [-0.2, 0) is 10.1 Å². The van der Waals surface area contributed by atoms with Crippen LogP contribution in [0.15, 0.2) is 24.3 Å². The first kappa shape index (κ1) is 10.5.